The molecular weight excluding hydrogens is 340 g/mol. The minimum absolute atomic E-state index is 0.171. The van der Waals surface area contributed by atoms with E-state index in [4.69, 9.17) is 9.47 Å². The molecule has 0 saturated carbocycles. The Hall–Kier alpha value is -1.30. The standard InChI is InChI=1S/C19H24O3S2/c1-19(2,3)24(20)17-12-8-11-16(22-14-21-4)18(17)23-13-15-9-6-5-7-10-15/h5-12H,13-14H2,1-4H3/t24-/m0/s1. The normalized spacial score (nSPS) is 12.8. The summed E-state index contributed by atoms with van der Waals surface area (Å²) in [4.78, 5) is 1.74. The molecule has 2 aromatic carbocycles. The molecule has 3 nitrogen and oxygen atoms in total. The molecule has 0 unspecified atom stereocenters. The van der Waals surface area contributed by atoms with Gasteiger partial charge in [0.25, 0.3) is 0 Å². The maximum atomic E-state index is 12.9. The fourth-order valence-electron chi connectivity index (χ4n) is 2.08. The molecule has 5 heteroatoms. The summed E-state index contributed by atoms with van der Waals surface area (Å²) >= 11 is 1.65. The molecule has 2 rings (SSSR count). The average Bonchev–Trinajstić information content (AvgIpc) is 2.57. The Morgan fingerprint density at radius 2 is 1.75 bits per heavy atom. The van der Waals surface area contributed by atoms with Gasteiger partial charge in [0.05, 0.1) is 20.6 Å². The van der Waals surface area contributed by atoms with Gasteiger partial charge in [0, 0.05) is 17.6 Å². The summed E-state index contributed by atoms with van der Waals surface area (Å²) in [6.07, 6.45) is 0. The molecule has 0 saturated heterocycles. The summed E-state index contributed by atoms with van der Waals surface area (Å²) in [6, 6.07) is 15.9. The van der Waals surface area contributed by atoms with Gasteiger partial charge in [-0.2, -0.15) is 0 Å². The number of ether oxygens (including phenoxy) is 2. The third kappa shape index (κ3) is 5.10. The van der Waals surface area contributed by atoms with E-state index in [1.54, 1.807) is 18.9 Å². The zero-order valence-electron chi connectivity index (χ0n) is 14.6. The summed E-state index contributed by atoms with van der Waals surface area (Å²) in [5.74, 6) is 1.51. The van der Waals surface area contributed by atoms with Crippen molar-refractivity contribution in [3.8, 4) is 5.75 Å². The van der Waals surface area contributed by atoms with Crippen LogP contribution in [0.5, 0.6) is 5.75 Å². The van der Waals surface area contributed by atoms with E-state index in [-0.39, 0.29) is 11.5 Å². The van der Waals surface area contributed by atoms with Gasteiger partial charge >= 0.3 is 0 Å². The van der Waals surface area contributed by atoms with Crippen LogP contribution in [0.2, 0.25) is 0 Å². The molecule has 0 radical (unpaired) electrons. The van der Waals surface area contributed by atoms with Crippen LogP contribution in [0.25, 0.3) is 0 Å². The summed E-state index contributed by atoms with van der Waals surface area (Å²) in [7, 11) is 0.464. The first-order chi connectivity index (χ1) is 11.4. The molecule has 0 spiro atoms. The summed E-state index contributed by atoms with van der Waals surface area (Å²) in [5, 5.41) is 0. The molecule has 24 heavy (non-hydrogen) atoms. The largest absolute Gasteiger partial charge is 0.466 e. The van der Waals surface area contributed by atoms with Crippen molar-refractivity contribution >= 4 is 22.6 Å². The van der Waals surface area contributed by atoms with Gasteiger partial charge in [-0.05, 0) is 38.5 Å². The number of hydrogen-bond donors (Lipinski definition) is 0. The van der Waals surface area contributed by atoms with E-state index in [1.807, 2.05) is 57.2 Å². The highest BCUT2D eigenvalue weighted by atomic mass is 32.2. The van der Waals surface area contributed by atoms with Gasteiger partial charge < -0.3 is 9.47 Å². The number of rotatable bonds is 7. The lowest BCUT2D eigenvalue weighted by Gasteiger charge is -2.21. The highest BCUT2D eigenvalue weighted by Crippen LogP contribution is 2.38. The molecule has 2 aromatic rings. The van der Waals surface area contributed by atoms with Crippen LogP contribution in [-0.2, 0) is 21.3 Å². The lowest BCUT2D eigenvalue weighted by molar-refractivity contribution is 0.0488. The number of thioether (sulfide) groups is 1. The van der Waals surface area contributed by atoms with Crippen molar-refractivity contribution < 1.29 is 13.7 Å². The van der Waals surface area contributed by atoms with Crippen LogP contribution >= 0.6 is 11.8 Å². The maximum absolute atomic E-state index is 12.9. The quantitative estimate of drug-likeness (QED) is 0.519. The van der Waals surface area contributed by atoms with Gasteiger partial charge in [-0.1, -0.05) is 36.4 Å². The zero-order valence-corrected chi connectivity index (χ0v) is 16.2. The van der Waals surface area contributed by atoms with E-state index >= 15 is 0 Å². The topological polar surface area (TPSA) is 35.5 Å². The molecule has 0 bridgehead atoms. The Bertz CT molecular complexity index is 679. The van der Waals surface area contributed by atoms with Crippen LogP contribution in [0, 0.1) is 0 Å². The Balaban J connectivity index is 2.34. The third-order valence-electron chi connectivity index (χ3n) is 3.26. The molecule has 0 fully saturated rings. The van der Waals surface area contributed by atoms with Crippen LogP contribution < -0.4 is 4.74 Å². The highest BCUT2D eigenvalue weighted by molar-refractivity contribution is 7.99. The van der Waals surface area contributed by atoms with E-state index in [9.17, 15) is 4.21 Å². The molecule has 0 aliphatic heterocycles. The fraction of sp³-hybridized carbons (Fsp3) is 0.368. The third-order valence-corrected chi connectivity index (χ3v) is 6.43. The number of hydrogen-bond acceptors (Lipinski definition) is 4. The van der Waals surface area contributed by atoms with Crippen molar-refractivity contribution in [3.63, 3.8) is 0 Å². The maximum Gasteiger partial charge on any atom is 0.188 e. The number of methoxy groups -OCH3 is 1. The Morgan fingerprint density at radius 1 is 1.04 bits per heavy atom. The van der Waals surface area contributed by atoms with Gasteiger partial charge in [-0.3, -0.25) is 4.21 Å². The second kappa shape index (κ2) is 8.70. The monoisotopic (exact) mass is 364 g/mol. The van der Waals surface area contributed by atoms with E-state index in [0.29, 0.717) is 5.75 Å². The average molecular weight is 365 g/mol. The predicted molar refractivity (Wildman–Crippen MR) is 101 cm³/mol. The molecule has 0 amide bonds. The first-order valence-corrected chi connectivity index (χ1v) is 9.90. The van der Waals surface area contributed by atoms with Gasteiger partial charge in [0.1, 0.15) is 5.75 Å². The SMILES string of the molecule is COCOc1cccc([S@](=O)C(C)(C)C)c1SCc1ccccc1. The first kappa shape index (κ1) is 19.0. The second-order valence-corrected chi connectivity index (χ2v) is 9.48. The van der Waals surface area contributed by atoms with Gasteiger partial charge in [0.15, 0.2) is 6.79 Å². The lowest BCUT2D eigenvalue weighted by Crippen LogP contribution is -2.22. The Kier molecular flexibility index (Phi) is 6.90. The molecule has 0 aliphatic carbocycles. The van der Waals surface area contributed by atoms with Crippen molar-refractivity contribution in [3.05, 3.63) is 54.1 Å². The van der Waals surface area contributed by atoms with E-state index < -0.39 is 10.8 Å². The van der Waals surface area contributed by atoms with Gasteiger partial charge in [0.2, 0.25) is 0 Å². The molecule has 0 aliphatic rings. The van der Waals surface area contributed by atoms with E-state index in [2.05, 4.69) is 12.1 Å². The summed E-state index contributed by atoms with van der Waals surface area (Å²) < 4.78 is 23.3. The van der Waals surface area contributed by atoms with Crippen molar-refractivity contribution in [2.75, 3.05) is 13.9 Å². The molecule has 0 N–H and O–H groups in total. The van der Waals surface area contributed by atoms with Crippen molar-refractivity contribution in [2.45, 2.75) is 41.1 Å². The van der Waals surface area contributed by atoms with E-state index in [0.717, 1.165) is 15.5 Å². The highest BCUT2D eigenvalue weighted by Gasteiger charge is 2.25. The van der Waals surface area contributed by atoms with Crippen molar-refractivity contribution in [1.29, 1.82) is 0 Å². The number of benzene rings is 2. The van der Waals surface area contributed by atoms with Crippen LogP contribution in [-0.4, -0.2) is 22.9 Å². The van der Waals surface area contributed by atoms with Gasteiger partial charge in [-0.15, -0.1) is 11.8 Å². The minimum Gasteiger partial charge on any atom is -0.466 e. The van der Waals surface area contributed by atoms with E-state index in [1.165, 1.54) is 5.56 Å². The molecular formula is C19H24O3S2. The Morgan fingerprint density at radius 3 is 2.38 bits per heavy atom. The van der Waals surface area contributed by atoms with Crippen LogP contribution in [0.1, 0.15) is 26.3 Å². The molecule has 130 valence electrons. The predicted octanol–water partition coefficient (Wildman–Crippen LogP) is 4.87. The Labute approximate surface area is 151 Å². The molecule has 0 heterocycles. The fourth-order valence-corrected chi connectivity index (χ4v) is 4.60. The molecule has 0 aromatic heterocycles. The van der Waals surface area contributed by atoms with Crippen LogP contribution in [0.4, 0.5) is 0 Å². The first-order valence-electron chi connectivity index (χ1n) is 7.77. The van der Waals surface area contributed by atoms with Crippen LogP contribution in [0.15, 0.2) is 58.3 Å². The zero-order chi connectivity index (χ0) is 17.6. The van der Waals surface area contributed by atoms with Crippen molar-refractivity contribution in [2.24, 2.45) is 0 Å². The van der Waals surface area contributed by atoms with Crippen LogP contribution in [0.3, 0.4) is 0 Å². The lowest BCUT2D eigenvalue weighted by atomic mass is 10.2. The minimum atomic E-state index is -1.13. The van der Waals surface area contributed by atoms with Crippen molar-refractivity contribution in [1.82, 2.24) is 0 Å². The summed E-state index contributed by atoms with van der Waals surface area (Å²) in [6.45, 7) is 6.12. The summed E-state index contributed by atoms with van der Waals surface area (Å²) in [5.41, 5.74) is 1.22. The van der Waals surface area contributed by atoms with Gasteiger partial charge in [-0.25, -0.2) is 0 Å². The second-order valence-electron chi connectivity index (χ2n) is 6.29. The smallest absolute Gasteiger partial charge is 0.188 e. The molecule has 1 atom stereocenters.